The maximum absolute atomic E-state index is 12.7. The predicted molar refractivity (Wildman–Crippen MR) is 141 cm³/mol. The number of hydrogen-bond donors (Lipinski definition) is 0. The molecular formula is C31H50O3. The van der Waals surface area contributed by atoms with E-state index in [2.05, 4.69) is 13.8 Å². The molecular weight excluding hydrogens is 420 g/mol. The third-order valence-corrected chi connectivity index (χ3v) is 8.44. The Balaban J connectivity index is 1.29. The Morgan fingerprint density at radius 3 is 1.91 bits per heavy atom. The van der Waals surface area contributed by atoms with Gasteiger partial charge in [0.05, 0.1) is 12.5 Å². The first kappa shape index (κ1) is 27.1. The molecule has 3 rings (SSSR count). The van der Waals surface area contributed by atoms with Crippen molar-refractivity contribution in [1.29, 1.82) is 0 Å². The van der Waals surface area contributed by atoms with Gasteiger partial charge in [-0.3, -0.25) is 4.79 Å². The summed E-state index contributed by atoms with van der Waals surface area (Å²) in [7, 11) is 0. The number of rotatable bonds is 14. The molecule has 2 aliphatic carbocycles. The molecule has 0 bridgehead atoms. The molecule has 0 saturated heterocycles. The molecule has 3 nitrogen and oxygen atoms in total. The van der Waals surface area contributed by atoms with Gasteiger partial charge < -0.3 is 9.47 Å². The summed E-state index contributed by atoms with van der Waals surface area (Å²) >= 11 is 0. The Bertz CT molecular complexity index is 666. The summed E-state index contributed by atoms with van der Waals surface area (Å²) in [5, 5.41) is 0. The molecule has 0 N–H and O–H groups in total. The van der Waals surface area contributed by atoms with Gasteiger partial charge in [-0.1, -0.05) is 78.1 Å². The number of unbranched alkanes of at least 4 members (excludes halogenated alkanes) is 6. The third kappa shape index (κ3) is 9.27. The fraction of sp³-hybridized carbons (Fsp3) is 0.774. The Hall–Kier alpha value is -1.51. The largest absolute Gasteiger partial charge is 0.494 e. The minimum Gasteiger partial charge on any atom is -0.494 e. The summed E-state index contributed by atoms with van der Waals surface area (Å²) < 4.78 is 11.4. The van der Waals surface area contributed by atoms with Crippen LogP contribution in [-0.2, 0) is 4.79 Å². The van der Waals surface area contributed by atoms with Crippen molar-refractivity contribution in [3.8, 4) is 11.5 Å². The Morgan fingerprint density at radius 1 is 0.706 bits per heavy atom. The van der Waals surface area contributed by atoms with Gasteiger partial charge in [0.1, 0.15) is 11.5 Å². The highest BCUT2D eigenvalue weighted by Gasteiger charge is 2.33. The second kappa shape index (κ2) is 15.5. The molecule has 0 heterocycles. The lowest BCUT2D eigenvalue weighted by molar-refractivity contribution is -0.140. The molecule has 0 unspecified atom stereocenters. The highest BCUT2D eigenvalue weighted by molar-refractivity contribution is 5.75. The van der Waals surface area contributed by atoms with Crippen LogP contribution in [0.4, 0.5) is 0 Å². The van der Waals surface area contributed by atoms with Crippen LogP contribution in [0.15, 0.2) is 24.3 Å². The van der Waals surface area contributed by atoms with Crippen molar-refractivity contribution < 1.29 is 14.3 Å². The molecule has 2 aliphatic rings. The monoisotopic (exact) mass is 470 g/mol. The van der Waals surface area contributed by atoms with Crippen molar-refractivity contribution in [3.63, 3.8) is 0 Å². The summed E-state index contributed by atoms with van der Waals surface area (Å²) in [5.41, 5.74) is 0. The molecule has 0 spiro atoms. The van der Waals surface area contributed by atoms with E-state index in [9.17, 15) is 4.79 Å². The van der Waals surface area contributed by atoms with Crippen LogP contribution < -0.4 is 9.47 Å². The van der Waals surface area contributed by atoms with Crippen molar-refractivity contribution in [2.24, 2.45) is 23.7 Å². The maximum atomic E-state index is 12.7. The zero-order valence-electron chi connectivity index (χ0n) is 22.1. The molecule has 1 aromatic carbocycles. The number of carbonyl (C=O) groups excluding carboxylic acids is 1. The predicted octanol–water partition coefficient (Wildman–Crippen LogP) is 9.13. The fourth-order valence-corrected chi connectivity index (χ4v) is 6.13. The highest BCUT2D eigenvalue weighted by Crippen LogP contribution is 2.42. The third-order valence-electron chi connectivity index (χ3n) is 8.44. The Kier molecular flexibility index (Phi) is 12.3. The van der Waals surface area contributed by atoms with E-state index in [4.69, 9.17) is 9.47 Å². The standard InChI is InChI=1S/C31H50O3/c1-3-5-7-8-9-10-11-25-12-14-26(15-13-25)27-16-18-28(19-17-27)31(32)34-30-22-20-29(21-23-30)33-24-6-4-2/h20-23,25-28H,3-19,24H2,1-2H3. The van der Waals surface area contributed by atoms with Crippen molar-refractivity contribution in [2.75, 3.05) is 6.61 Å². The molecule has 3 heteroatoms. The van der Waals surface area contributed by atoms with Crippen molar-refractivity contribution >= 4 is 5.97 Å². The Morgan fingerprint density at radius 2 is 1.26 bits per heavy atom. The maximum Gasteiger partial charge on any atom is 0.314 e. The average molecular weight is 471 g/mol. The fourth-order valence-electron chi connectivity index (χ4n) is 6.13. The lowest BCUT2D eigenvalue weighted by Crippen LogP contribution is -2.30. The minimum atomic E-state index is -0.0410. The van der Waals surface area contributed by atoms with Crippen LogP contribution in [0, 0.1) is 23.7 Å². The number of hydrogen-bond acceptors (Lipinski definition) is 3. The summed E-state index contributed by atoms with van der Waals surface area (Å²) in [6, 6.07) is 7.51. The molecule has 34 heavy (non-hydrogen) atoms. The quantitative estimate of drug-likeness (QED) is 0.154. The second-order valence-electron chi connectivity index (χ2n) is 11.0. The van der Waals surface area contributed by atoms with Gasteiger partial charge in [-0.25, -0.2) is 0 Å². The van der Waals surface area contributed by atoms with Gasteiger partial charge in [-0.05, 0) is 87.0 Å². The van der Waals surface area contributed by atoms with Gasteiger partial charge in [0, 0.05) is 0 Å². The van der Waals surface area contributed by atoms with Crippen LogP contribution >= 0.6 is 0 Å². The second-order valence-corrected chi connectivity index (χ2v) is 11.0. The minimum absolute atomic E-state index is 0.0410. The SMILES string of the molecule is CCCCCCCCC1CCC(C2CCC(C(=O)Oc3ccc(OCCCC)cc3)CC2)CC1. The highest BCUT2D eigenvalue weighted by atomic mass is 16.5. The Labute approximate surface area is 209 Å². The van der Waals surface area contributed by atoms with Gasteiger partial charge in [-0.2, -0.15) is 0 Å². The van der Waals surface area contributed by atoms with Crippen LogP contribution in [0.3, 0.4) is 0 Å². The molecule has 0 atom stereocenters. The van der Waals surface area contributed by atoms with Gasteiger partial charge in [0.25, 0.3) is 0 Å². The van der Waals surface area contributed by atoms with Gasteiger partial charge in [-0.15, -0.1) is 0 Å². The van der Waals surface area contributed by atoms with Gasteiger partial charge in [0.15, 0.2) is 0 Å². The average Bonchev–Trinajstić information content (AvgIpc) is 2.88. The van der Waals surface area contributed by atoms with E-state index < -0.39 is 0 Å². The van der Waals surface area contributed by atoms with Crippen LogP contribution in [0.1, 0.15) is 123 Å². The van der Waals surface area contributed by atoms with E-state index in [1.165, 1.54) is 83.5 Å². The molecule has 2 saturated carbocycles. The first-order chi connectivity index (χ1) is 16.7. The van der Waals surface area contributed by atoms with Crippen molar-refractivity contribution in [1.82, 2.24) is 0 Å². The van der Waals surface area contributed by atoms with E-state index in [1.54, 1.807) is 0 Å². The van der Waals surface area contributed by atoms with E-state index in [0.717, 1.165) is 55.8 Å². The summed E-state index contributed by atoms with van der Waals surface area (Å²) in [6.45, 7) is 5.18. The first-order valence-corrected chi connectivity index (χ1v) is 14.6. The van der Waals surface area contributed by atoms with Gasteiger partial charge >= 0.3 is 5.97 Å². The summed E-state index contributed by atoms with van der Waals surface area (Å²) in [6.07, 6.45) is 22.3. The molecule has 192 valence electrons. The van der Waals surface area contributed by atoms with Crippen LogP contribution in [0.5, 0.6) is 11.5 Å². The zero-order valence-corrected chi connectivity index (χ0v) is 22.1. The molecule has 0 aromatic heterocycles. The number of ether oxygens (including phenoxy) is 2. The smallest absolute Gasteiger partial charge is 0.314 e. The van der Waals surface area contributed by atoms with Crippen LogP contribution in [0.25, 0.3) is 0 Å². The molecule has 1 aromatic rings. The van der Waals surface area contributed by atoms with Gasteiger partial charge in [0.2, 0.25) is 0 Å². The van der Waals surface area contributed by atoms with Crippen molar-refractivity contribution in [2.45, 2.75) is 123 Å². The summed E-state index contributed by atoms with van der Waals surface area (Å²) in [5.74, 6) is 4.23. The topological polar surface area (TPSA) is 35.5 Å². The van der Waals surface area contributed by atoms with E-state index in [-0.39, 0.29) is 11.9 Å². The van der Waals surface area contributed by atoms with Crippen molar-refractivity contribution in [3.05, 3.63) is 24.3 Å². The molecule has 0 amide bonds. The normalized spacial score (nSPS) is 25.1. The number of esters is 1. The van der Waals surface area contributed by atoms with Crippen LogP contribution in [-0.4, -0.2) is 12.6 Å². The lowest BCUT2D eigenvalue weighted by Gasteiger charge is -2.37. The first-order valence-electron chi connectivity index (χ1n) is 14.6. The van der Waals surface area contributed by atoms with E-state index in [0.29, 0.717) is 5.75 Å². The zero-order chi connectivity index (χ0) is 24.0. The van der Waals surface area contributed by atoms with Crippen LogP contribution in [0.2, 0.25) is 0 Å². The van der Waals surface area contributed by atoms with E-state index in [1.807, 2.05) is 24.3 Å². The molecule has 0 aliphatic heterocycles. The lowest BCUT2D eigenvalue weighted by atomic mass is 9.68. The number of carbonyl (C=O) groups is 1. The van der Waals surface area contributed by atoms with E-state index >= 15 is 0 Å². The molecule has 2 fully saturated rings. The number of benzene rings is 1. The molecule has 0 radical (unpaired) electrons. The summed E-state index contributed by atoms with van der Waals surface area (Å²) in [4.78, 5) is 12.7.